The number of nitrogens with one attached hydrogen (secondary N) is 2. The summed E-state index contributed by atoms with van der Waals surface area (Å²) >= 11 is 0. The number of hydrogen-bond acceptors (Lipinski definition) is 8. The second-order valence-electron chi connectivity index (χ2n) is 4.23. The van der Waals surface area contributed by atoms with Crippen molar-refractivity contribution in [3.05, 3.63) is 0 Å². The molecular formula is C11H20N2O6. The van der Waals surface area contributed by atoms with Crippen molar-refractivity contribution in [2.45, 2.75) is 25.2 Å². The number of aliphatic hydroxyl groups is 1. The Bertz CT molecular complexity index is 278. The molecule has 8 heteroatoms. The van der Waals surface area contributed by atoms with Gasteiger partial charge in [-0.1, -0.05) is 0 Å². The highest BCUT2D eigenvalue weighted by Gasteiger charge is 2.30. The first-order valence-electron chi connectivity index (χ1n) is 6.41. The van der Waals surface area contributed by atoms with Crippen LogP contribution in [0.5, 0.6) is 0 Å². The van der Waals surface area contributed by atoms with Crippen molar-refractivity contribution in [2.75, 3.05) is 39.5 Å². The summed E-state index contributed by atoms with van der Waals surface area (Å²) in [7, 11) is 0. The van der Waals surface area contributed by atoms with Crippen LogP contribution < -0.4 is 10.6 Å². The summed E-state index contributed by atoms with van der Waals surface area (Å²) < 4.78 is 21.0. The summed E-state index contributed by atoms with van der Waals surface area (Å²) in [5.41, 5.74) is 0. The Morgan fingerprint density at radius 1 is 1.32 bits per heavy atom. The van der Waals surface area contributed by atoms with Gasteiger partial charge >= 0.3 is 5.97 Å². The van der Waals surface area contributed by atoms with Gasteiger partial charge in [-0.25, -0.2) is 0 Å². The first-order valence-corrected chi connectivity index (χ1v) is 6.41. The molecule has 0 aromatic rings. The Balaban J connectivity index is 1.77. The fourth-order valence-corrected chi connectivity index (χ4v) is 1.95. The van der Waals surface area contributed by atoms with Crippen LogP contribution in [-0.2, 0) is 23.7 Å². The SMILES string of the molecule is O=C(CC(OCCO)C1NCCO1)OC1NCCO1. The minimum absolute atomic E-state index is 0.0409. The molecule has 110 valence electrons. The highest BCUT2D eigenvalue weighted by Crippen LogP contribution is 2.12. The summed E-state index contributed by atoms with van der Waals surface area (Å²) in [6.45, 7) is 2.52. The van der Waals surface area contributed by atoms with Gasteiger partial charge in [-0.15, -0.1) is 0 Å². The second-order valence-corrected chi connectivity index (χ2v) is 4.23. The lowest BCUT2D eigenvalue weighted by atomic mass is 10.2. The van der Waals surface area contributed by atoms with Crippen molar-refractivity contribution < 1.29 is 28.8 Å². The molecule has 3 N–H and O–H groups in total. The van der Waals surface area contributed by atoms with Gasteiger partial charge in [0, 0.05) is 13.1 Å². The van der Waals surface area contributed by atoms with E-state index in [2.05, 4.69) is 10.6 Å². The molecule has 2 aliphatic heterocycles. The summed E-state index contributed by atoms with van der Waals surface area (Å²) in [5.74, 6) is -0.431. The third-order valence-electron chi connectivity index (χ3n) is 2.79. The van der Waals surface area contributed by atoms with Crippen LogP contribution in [0.15, 0.2) is 0 Å². The predicted molar refractivity (Wildman–Crippen MR) is 63.0 cm³/mol. The molecule has 0 aromatic carbocycles. The fourth-order valence-electron chi connectivity index (χ4n) is 1.95. The largest absolute Gasteiger partial charge is 0.421 e. The van der Waals surface area contributed by atoms with Gasteiger partial charge in [-0.05, 0) is 0 Å². The van der Waals surface area contributed by atoms with E-state index in [1.807, 2.05) is 0 Å². The average Bonchev–Trinajstić information content (AvgIpc) is 3.06. The van der Waals surface area contributed by atoms with Gasteiger partial charge in [0.1, 0.15) is 12.3 Å². The molecule has 3 unspecified atom stereocenters. The second kappa shape index (κ2) is 7.73. The maximum Gasteiger partial charge on any atom is 0.311 e. The van der Waals surface area contributed by atoms with Crippen LogP contribution in [0.2, 0.25) is 0 Å². The van der Waals surface area contributed by atoms with E-state index in [1.54, 1.807) is 0 Å². The molecule has 2 aliphatic rings. The number of hydrogen-bond donors (Lipinski definition) is 3. The fraction of sp³-hybridized carbons (Fsp3) is 0.909. The van der Waals surface area contributed by atoms with E-state index >= 15 is 0 Å². The standard InChI is InChI=1S/C11H20N2O6/c14-3-6-16-8(10-12-1-4-17-10)7-9(15)19-11-13-2-5-18-11/h8,10-14H,1-7H2. The van der Waals surface area contributed by atoms with Crippen molar-refractivity contribution in [1.29, 1.82) is 0 Å². The maximum absolute atomic E-state index is 11.8. The van der Waals surface area contributed by atoms with Crippen molar-refractivity contribution in [1.82, 2.24) is 10.6 Å². The van der Waals surface area contributed by atoms with E-state index in [0.29, 0.717) is 26.3 Å². The average molecular weight is 276 g/mol. The monoisotopic (exact) mass is 276 g/mol. The third-order valence-corrected chi connectivity index (χ3v) is 2.79. The van der Waals surface area contributed by atoms with Crippen LogP contribution in [0.3, 0.4) is 0 Å². The van der Waals surface area contributed by atoms with Crippen LogP contribution in [0.1, 0.15) is 6.42 Å². The molecule has 0 amide bonds. The lowest BCUT2D eigenvalue weighted by molar-refractivity contribution is -0.178. The van der Waals surface area contributed by atoms with Crippen molar-refractivity contribution >= 4 is 5.97 Å². The highest BCUT2D eigenvalue weighted by atomic mass is 16.7. The van der Waals surface area contributed by atoms with Gasteiger partial charge in [-0.3, -0.25) is 15.4 Å². The number of rotatable bonds is 7. The first-order chi connectivity index (χ1) is 9.29. The molecule has 3 atom stereocenters. The van der Waals surface area contributed by atoms with Gasteiger partial charge in [0.15, 0.2) is 0 Å². The number of ether oxygens (including phenoxy) is 4. The van der Waals surface area contributed by atoms with E-state index < -0.39 is 18.5 Å². The van der Waals surface area contributed by atoms with E-state index in [4.69, 9.17) is 24.1 Å². The molecule has 2 rings (SSSR count). The molecule has 0 bridgehead atoms. The Labute approximate surface area is 111 Å². The van der Waals surface area contributed by atoms with E-state index in [-0.39, 0.29) is 25.9 Å². The number of carbonyl (C=O) groups excluding carboxylic acids is 1. The molecule has 0 spiro atoms. The Hall–Kier alpha value is -0.770. The predicted octanol–water partition coefficient (Wildman–Crippen LogP) is -1.85. The summed E-state index contributed by atoms with van der Waals surface area (Å²) in [6, 6.07) is 0. The quantitative estimate of drug-likeness (QED) is 0.466. The summed E-state index contributed by atoms with van der Waals surface area (Å²) in [4.78, 5) is 11.8. The van der Waals surface area contributed by atoms with Gasteiger partial charge in [0.05, 0.1) is 32.8 Å². The van der Waals surface area contributed by atoms with Crippen molar-refractivity contribution in [3.63, 3.8) is 0 Å². The molecule has 19 heavy (non-hydrogen) atoms. The Morgan fingerprint density at radius 2 is 2.11 bits per heavy atom. The van der Waals surface area contributed by atoms with Crippen molar-refractivity contribution in [2.24, 2.45) is 0 Å². The first kappa shape index (κ1) is 14.6. The minimum Gasteiger partial charge on any atom is -0.421 e. The van der Waals surface area contributed by atoms with Crippen molar-refractivity contribution in [3.8, 4) is 0 Å². The van der Waals surface area contributed by atoms with Crippen LogP contribution >= 0.6 is 0 Å². The smallest absolute Gasteiger partial charge is 0.311 e. The van der Waals surface area contributed by atoms with Crippen LogP contribution in [0.25, 0.3) is 0 Å². The van der Waals surface area contributed by atoms with Crippen LogP contribution in [0, 0.1) is 0 Å². The molecule has 8 nitrogen and oxygen atoms in total. The van der Waals surface area contributed by atoms with E-state index in [1.165, 1.54) is 0 Å². The molecule has 0 aromatic heterocycles. The lowest BCUT2D eigenvalue weighted by Crippen LogP contribution is -2.41. The molecule has 2 fully saturated rings. The number of esters is 1. The maximum atomic E-state index is 11.8. The van der Waals surface area contributed by atoms with Gasteiger partial charge in [0.2, 0.25) is 0 Å². The molecular weight excluding hydrogens is 256 g/mol. The highest BCUT2D eigenvalue weighted by molar-refractivity contribution is 5.70. The number of aliphatic hydroxyl groups excluding tert-OH is 1. The summed E-state index contributed by atoms with van der Waals surface area (Å²) in [5, 5.41) is 14.8. The minimum atomic E-state index is -0.677. The van der Waals surface area contributed by atoms with E-state index in [9.17, 15) is 4.79 Å². The zero-order chi connectivity index (χ0) is 13.5. The van der Waals surface area contributed by atoms with E-state index in [0.717, 1.165) is 0 Å². The Kier molecular flexibility index (Phi) is 5.95. The zero-order valence-electron chi connectivity index (χ0n) is 10.7. The summed E-state index contributed by atoms with van der Waals surface area (Å²) in [6.07, 6.45) is -1.47. The molecule has 0 saturated carbocycles. The van der Waals surface area contributed by atoms with Crippen LogP contribution in [0.4, 0.5) is 0 Å². The molecule has 0 radical (unpaired) electrons. The third kappa shape index (κ3) is 4.68. The van der Waals surface area contributed by atoms with Gasteiger partial charge < -0.3 is 24.1 Å². The van der Waals surface area contributed by atoms with Gasteiger partial charge in [-0.2, -0.15) is 0 Å². The Morgan fingerprint density at radius 3 is 2.74 bits per heavy atom. The zero-order valence-corrected chi connectivity index (χ0v) is 10.7. The molecule has 2 saturated heterocycles. The topological polar surface area (TPSA) is 98.3 Å². The van der Waals surface area contributed by atoms with Crippen LogP contribution in [-0.4, -0.2) is 69.3 Å². The normalized spacial score (nSPS) is 28.5. The molecule has 0 aliphatic carbocycles. The number of carbonyl (C=O) groups is 1. The molecule has 2 heterocycles. The lowest BCUT2D eigenvalue weighted by Gasteiger charge is -2.23. The van der Waals surface area contributed by atoms with Gasteiger partial charge in [0.25, 0.3) is 6.41 Å².